The molecule has 10 heteroatoms. The van der Waals surface area contributed by atoms with Crippen molar-refractivity contribution in [1.82, 2.24) is 15.3 Å². The predicted octanol–water partition coefficient (Wildman–Crippen LogP) is 3.81. The fourth-order valence-corrected chi connectivity index (χ4v) is 5.72. The Morgan fingerprint density at radius 2 is 2.03 bits per heavy atom. The number of H-pyrrole nitrogens is 1. The lowest BCUT2D eigenvalue weighted by molar-refractivity contribution is -0.117. The number of hydrogen-bond donors (Lipinski definition) is 5. The van der Waals surface area contributed by atoms with Crippen LogP contribution in [0.2, 0.25) is 0 Å². The molecule has 9 nitrogen and oxygen atoms in total. The van der Waals surface area contributed by atoms with Crippen molar-refractivity contribution in [2.75, 3.05) is 29.0 Å². The molecule has 1 aliphatic heterocycles. The predicted molar refractivity (Wildman–Crippen MR) is 126 cm³/mol. The molecule has 1 saturated carbocycles. The molecule has 1 aliphatic carbocycles. The Bertz CT molecular complexity index is 1220. The summed E-state index contributed by atoms with van der Waals surface area (Å²) in [7, 11) is -1.31. The Kier molecular flexibility index (Phi) is 5.07. The average Bonchev–Trinajstić information content (AvgIpc) is 3.45. The van der Waals surface area contributed by atoms with E-state index in [1.54, 1.807) is 11.4 Å². The highest BCUT2D eigenvalue weighted by Gasteiger charge is 2.32. The maximum atomic E-state index is 12.5. The van der Waals surface area contributed by atoms with E-state index in [1.165, 1.54) is 6.20 Å². The normalized spacial score (nSPS) is 18.5. The molecule has 3 heterocycles. The van der Waals surface area contributed by atoms with E-state index in [0.717, 1.165) is 18.4 Å². The first-order valence-electron chi connectivity index (χ1n) is 10.6. The van der Waals surface area contributed by atoms with Gasteiger partial charge in [0, 0.05) is 42.4 Å². The van der Waals surface area contributed by atoms with E-state index in [1.807, 2.05) is 30.3 Å². The molecule has 2 aromatic heterocycles. The zero-order valence-corrected chi connectivity index (χ0v) is 18.4. The van der Waals surface area contributed by atoms with Crippen LogP contribution in [0.5, 0.6) is 0 Å². The molecule has 0 radical (unpaired) electrons. The van der Waals surface area contributed by atoms with Gasteiger partial charge < -0.3 is 15.6 Å². The van der Waals surface area contributed by atoms with Crippen molar-refractivity contribution in [3.63, 3.8) is 0 Å². The number of aromatic nitrogens is 2. The Labute approximate surface area is 186 Å². The topological polar surface area (TPSA) is 131 Å². The number of carbonyl (C=O) groups is 2. The van der Waals surface area contributed by atoms with E-state index in [-0.39, 0.29) is 17.7 Å². The quantitative estimate of drug-likeness (QED) is 0.398. The zero-order chi connectivity index (χ0) is 22.5. The lowest BCUT2D eigenvalue weighted by Crippen LogP contribution is -2.22. The molecular weight excluding hydrogens is 430 g/mol. The van der Waals surface area contributed by atoms with Crippen LogP contribution in [0.15, 0.2) is 36.5 Å². The van der Waals surface area contributed by atoms with Gasteiger partial charge in [-0.3, -0.25) is 23.0 Å². The van der Waals surface area contributed by atoms with Gasteiger partial charge >= 0.3 is 0 Å². The van der Waals surface area contributed by atoms with Crippen molar-refractivity contribution in [3.8, 4) is 11.3 Å². The van der Waals surface area contributed by atoms with Crippen LogP contribution in [0, 0.1) is 5.92 Å². The number of para-hydroxylation sites is 1. The summed E-state index contributed by atoms with van der Waals surface area (Å²) in [5, 5.41) is 6.13. The van der Waals surface area contributed by atoms with Crippen LogP contribution in [-0.2, 0) is 4.79 Å². The number of rotatable bonds is 5. The minimum absolute atomic E-state index is 0.0148. The highest BCUT2D eigenvalue weighted by Crippen LogP contribution is 2.53. The van der Waals surface area contributed by atoms with E-state index in [2.05, 4.69) is 20.6 Å². The highest BCUT2D eigenvalue weighted by molar-refractivity contribution is 8.25. The Hall–Kier alpha value is -3.08. The summed E-state index contributed by atoms with van der Waals surface area (Å²) in [6.07, 6.45) is 3.91. The van der Waals surface area contributed by atoms with Gasteiger partial charge in [-0.05, 0) is 31.4 Å². The number of fused-ring (bicyclic) bond motifs is 1. The molecule has 0 atom stereocenters. The molecule has 2 fully saturated rings. The molecule has 0 unspecified atom stereocenters. The molecule has 3 aromatic rings. The van der Waals surface area contributed by atoms with Crippen molar-refractivity contribution in [2.45, 2.75) is 19.3 Å². The van der Waals surface area contributed by atoms with Gasteiger partial charge in [-0.25, -0.2) is 4.98 Å². The number of anilines is 2. The monoisotopic (exact) mass is 455 g/mol. The summed E-state index contributed by atoms with van der Waals surface area (Å²) in [6.45, 7) is 0.549. The second kappa shape index (κ2) is 7.80. The fourth-order valence-electron chi connectivity index (χ4n) is 4.09. The van der Waals surface area contributed by atoms with Crippen LogP contribution in [0.3, 0.4) is 0 Å². The smallest absolute Gasteiger partial charge is 0.253 e. The Morgan fingerprint density at radius 3 is 2.72 bits per heavy atom. The van der Waals surface area contributed by atoms with Crippen LogP contribution < -0.4 is 14.9 Å². The molecule has 1 saturated heterocycles. The summed E-state index contributed by atoms with van der Waals surface area (Å²) in [5.74, 6) is 0.375. The van der Waals surface area contributed by atoms with Gasteiger partial charge in [0.05, 0.1) is 22.5 Å². The number of amides is 2. The third kappa shape index (κ3) is 3.60. The largest absolute Gasteiger partial charge is 0.355 e. The van der Waals surface area contributed by atoms with E-state index in [9.17, 15) is 18.7 Å². The number of benzene rings is 1. The van der Waals surface area contributed by atoms with Crippen LogP contribution in [-0.4, -0.2) is 50.2 Å². The van der Waals surface area contributed by atoms with Crippen LogP contribution in [0.25, 0.3) is 22.2 Å². The third-order valence-corrected chi connectivity index (χ3v) is 7.85. The average molecular weight is 456 g/mol. The van der Waals surface area contributed by atoms with E-state index >= 15 is 0 Å². The number of hydrogen-bond acceptors (Lipinski definition) is 6. The fraction of sp³-hybridized carbons (Fsp3) is 0.318. The highest BCUT2D eigenvalue weighted by atomic mass is 32.3. The first-order valence-corrected chi connectivity index (χ1v) is 12.2. The molecule has 5 N–H and O–H groups in total. The van der Waals surface area contributed by atoms with Gasteiger partial charge in [0.1, 0.15) is 0 Å². The van der Waals surface area contributed by atoms with E-state index < -0.39 is 10.8 Å². The number of aromatic amines is 1. The van der Waals surface area contributed by atoms with Gasteiger partial charge in [-0.2, -0.15) is 0 Å². The van der Waals surface area contributed by atoms with Gasteiger partial charge in [0.15, 0.2) is 5.82 Å². The van der Waals surface area contributed by atoms with Gasteiger partial charge in [0.25, 0.3) is 5.91 Å². The first kappa shape index (κ1) is 20.8. The van der Waals surface area contributed by atoms with Crippen molar-refractivity contribution >= 4 is 45.0 Å². The Balaban J connectivity index is 1.64. The number of nitrogens with one attached hydrogen (secondary N) is 3. The molecule has 1 aromatic carbocycles. The molecular formula is C22H25N5O4S. The van der Waals surface area contributed by atoms with Gasteiger partial charge in [-0.15, -0.1) is 10.8 Å². The van der Waals surface area contributed by atoms with Crippen molar-refractivity contribution in [1.29, 1.82) is 0 Å². The lowest BCUT2D eigenvalue weighted by Gasteiger charge is -2.39. The summed E-state index contributed by atoms with van der Waals surface area (Å²) in [6, 6.07) is 9.32. The molecule has 0 bridgehead atoms. The summed E-state index contributed by atoms with van der Waals surface area (Å²) in [5.41, 5.74) is 3.11. The number of carbonyl (C=O) groups excluding carboxylic acids is 2. The number of nitrogens with zero attached hydrogens (tertiary/aromatic N) is 2. The van der Waals surface area contributed by atoms with Gasteiger partial charge in [-0.1, -0.05) is 18.2 Å². The minimum Gasteiger partial charge on any atom is -0.355 e. The van der Waals surface area contributed by atoms with E-state index in [0.29, 0.717) is 52.4 Å². The van der Waals surface area contributed by atoms with Crippen molar-refractivity contribution < 1.29 is 18.7 Å². The summed E-state index contributed by atoms with van der Waals surface area (Å²) >= 11 is 0. The molecule has 168 valence electrons. The summed E-state index contributed by atoms with van der Waals surface area (Å²) in [4.78, 5) is 32.5. The number of pyridine rings is 1. The van der Waals surface area contributed by atoms with E-state index in [4.69, 9.17) is 0 Å². The van der Waals surface area contributed by atoms with Crippen molar-refractivity contribution in [3.05, 3.63) is 42.1 Å². The SMILES string of the molecule is CNC(=O)c1cnc(NC(=O)C2CC2)c2[nH]c(-c3ccccc3N3CCCS3(O)O)cc12. The first-order chi connectivity index (χ1) is 15.4. The molecule has 2 amide bonds. The molecule has 2 aliphatic rings. The molecule has 5 rings (SSSR count). The Morgan fingerprint density at radius 1 is 1.25 bits per heavy atom. The third-order valence-electron chi connectivity index (χ3n) is 5.92. The second-order valence-electron chi connectivity index (χ2n) is 8.14. The molecule has 0 spiro atoms. The second-order valence-corrected chi connectivity index (χ2v) is 10.3. The van der Waals surface area contributed by atoms with Gasteiger partial charge in [0.2, 0.25) is 5.91 Å². The zero-order valence-electron chi connectivity index (χ0n) is 17.6. The van der Waals surface area contributed by atoms with Crippen LogP contribution in [0.4, 0.5) is 11.5 Å². The maximum absolute atomic E-state index is 12.5. The summed E-state index contributed by atoms with van der Waals surface area (Å²) < 4.78 is 22.7. The van der Waals surface area contributed by atoms with Crippen LogP contribution >= 0.6 is 10.8 Å². The van der Waals surface area contributed by atoms with Crippen LogP contribution in [0.1, 0.15) is 29.6 Å². The maximum Gasteiger partial charge on any atom is 0.253 e. The molecule has 32 heavy (non-hydrogen) atoms. The standard InChI is InChI=1S/C22H25N5O4S/c1-23-22(29)16-12-24-20(26-21(28)13-7-8-13)19-15(16)11-17(25-19)14-5-2-3-6-18(14)27-9-4-10-32(27,30)31/h2-3,5-6,11-13,25,30-31H,4,7-10H2,1H3,(H,23,29)(H,24,26,28). The lowest BCUT2D eigenvalue weighted by atomic mass is 10.1. The minimum atomic E-state index is -2.87. The van der Waals surface area contributed by atoms with Crippen molar-refractivity contribution in [2.24, 2.45) is 5.92 Å².